The van der Waals surface area contributed by atoms with Gasteiger partial charge in [-0.25, -0.2) is 0 Å². The first-order valence-corrected chi connectivity index (χ1v) is 4.83. The van der Waals surface area contributed by atoms with Gasteiger partial charge in [-0.2, -0.15) is 0 Å². The van der Waals surface area contributed by atoms with Gasteiger partial charge in [-0.1, -0.05) is 18.2 Å². The molecule has 1 N–H and O–H groups in total. The smallest absolute Gasteiger partial charge is 0.0683 e. The molecule has 1 aliphatic heterocycles. The van der Waals surface area contributed by atoms with Crippen LogP contribution in [0.5, 0.6) is 0 Å². The van der Waals surface area contributed by atoms with Gasteiger partial charge in [-0.05, 0) is 25.5 Å². The molecule has 1 aromatic carbocycles. The molecule has 0 saturated carbocycles. The lowest BCUT2D eigenvalue weighted by molar-refractivity contribution is 0.221. The fraction of sp³-hybridized carbons (Fsp3) is 0.455. The lowest BCUT2D eigenvalue weighted by atomic mass is 10.1. The highest BCUT2D eigenvalue weighted by molar-refractivity contribution is 5.52. The monoisotopic (exact) mass is 176 g/mol. The first kappa shape index (κ1) is 8.57. The van der Waals surface area contributed by atoms with Crippen molar-refractivity contribution in [1.29, 1.82) is 0 Å². The van der Waals surface area contributed by atoms with Gasteiger partial charge in [0.1, 0.15) is 0 Å². The number of hydrogen-bond acceptors (Lipinski definition) is 2. The topological polar surface area (TPSA) is 15.3 Å². The van der Waals surface area contributed by atoms with E-state index in [4.69, 9.17) is 0 Å². The van der Waals surface area contributed by atoms with Gasteiger partial charge >= 0.3 is 0 Å². The zero-order valence-electron chi connectivity index (χ0n) is 8.25. The van der Waals surface area contributed by atoms with E-state index in [2.05, 4.69) is 48.3 Å². The van der Waals surface area contributed by atoms with Crippen molar-refractivity contribution in [2.45, 2.75) is 26.4 Å². The van der Waals surface area contributed by atoms with Crippen molar-refractivity contribution in [3.05, 3.63) is 29.8 Å². The summed E-state index contributed by atoms with van der Waals surface area (Å²) in [5.74, 6) is 0. The molecule has 2 rings (SSSR count). The van der Waals surface area contributed by atoms with E-state index in [1.54, 1.807) is 0 Å². The van der Waals surface area contributed by atoms with Crippen molar-refractivity contribution in [3.8, 4) is 0 Å². The number of hydrogen-bond donors (Lipinski definition) is 1. The van der Waals surface area contributed by atoms with Gasteiger partial charge in [-0.15, -0.1) is 0 Å². The van der Waals surface area contributed by atoms with Gasteiger partial charge in [-0.3, -0.25) is 4.90 Å². The van der Waals surface area contributed by atoms with Gasteiger partial charge in [0, 0.05) is 18.3 Å². The fourth-order valence-corrected chi connectivity index (χ4v) is 1.66. The Bertz CT molecular complexity index is 294. The van der Waals surface area contributed by atoms with E-state index in [1.165, 1.54) is 11.3 Å². The quantitative estimate of drug-likeness (QED) is 0.706. The summed E-state index contributed by atoms with van der Waals surface area (Å²) in [6, 6.07) is 9.13. The standard InChI is InChI=1S/C11H16N2/c1-9(2)13-7-10-5-3-4-6-11(10)12-8-13/h3-6,9,12H,7-8H2,1-2H3. The molecule has 70 valence electrons. The maximum absolute atomic E-state index is 3.42. The van der Waals surface area contributed by atoms with Crippen LogP contribution in [0.2, 0.25) is 0 Å². The second-order valence-corrected chi connectivity index (χ2v) is 3.83. The Morgan fingerprint density at radius 1 is 1.31 bits per heavy atom. The molecule has 0 bridgehead atoms. The van der Waals surface area contributed by atoms with Gasteiger partial charge in [0.15, 0.2) is 0 Å². The predicted octanol–water partition coefficient (Wildman–Crippen LogP) is 2.28. The third-order valence-corrected chi connectivity index (χ3v) is 2.59. The number of nitrogens with zero attached hydrogens (tertiary/aromatic N) is 1. The lowest BCUT2D eigenvalue weighted by Crippen LogP contribution is -2.38. The average molecular weight is 176 g/mol. The van der Waals surface area contributed by atoms with Crippen LogP contribution in [0.4, 0.5) is 5.69 Å². The molecule has 1 heterocycles. The molecule has 1 aliphatic rings. The number of rotatable bonds is 1. The molecule has 0 radical (unpaired) electrons. The Morgan fingerprint density at radius 2 is 2.08 bits per heavy atom. The van der Waals surface area contributed by atoms with Crippen molar-refractivity contribution >= 4 is 5.69 Å². The van der Waals surface area contributed by atoms with E-state index in [9.17, 15) is 0 Å². The van der Waals surface area contributed by atoms with Crippen molar-refractivity contribution in [3.63, 3.8) is 0 Å². The van der Waals surface area contributed by atoms with E-state index in [1.807, 2.05) is 0 Å². The molecule has 2 heteroatoms. The first-order valence-electron chi connectivity index (χ1n) is 4.83. The Labute approximate surface area is 79.6 Å². The van der Waals surface area contributed by atoms with Gasteiger partial charge in [0.2, 0.25) is 0 Å². The van der Waals surface area contributed by atoms with Crippen LogP contribution in [0, 0.1) is 0 Å². The zero-order valence-corrected chi connectivity index (χ0v) is 8.25. The molecule has 0 spiro atoms. The summed E-state index contributed by atoms with van der Waals surface area (Å²) in [5, 5.41) is 3.42. The summed E-state index contributed by atoms with van der Waals surface area (Å²) in [5.41, 5.74) is 2.70. The number of benzene rings is 1. The Balaban J connectivity index is 2.20. The van der Waals surface area contributed by atoms with Crippen LogP contribution in [0.15, 0.2) is 24.3 Å². The summed E-state index contributed by atoms with van der Waals surface area (Å²) in [4.78, 5) is 2.42. The number of fused-ring (bicyclic) bond motifs is 1. The zero-order chi connectivity index (χ0) is 9.26. The third kappa shape index (κ3) is 1.68. The van der Waals surface area contributed by atoms with Gasteiger partial charge in [0.25, 0.3) is 0 Å². The van der Waals surface area contributed by atoms with E-state index >= 15 is 0 Å². The van der Waals surface area contributed by atoms with E-state index in [-0.39, 0.29) is 0 Å². The van der Waals surface area contributed by atoms with E-state index in [0.717, 1.165) is 13.2 Å². The highest BCUT2D eigenvalue weighted by Gasteiger charge is 2.16. The van der Waals surface area contributed by atoms with Crippen LogP contribution in [-0.2, 0) is 6.54 Å². The SMILES string of the molecule is CC(C)N1CNc2ccccc2C1. The predicted molar refractivity (Wildman–Crippen MR) is 55.6 cm³/mol. The molecule has 13 heavy (non-hydrogen) atoms. The van der Waals surface area contributed by atoms with Crippen LogP contribution in [0.1, 0.15) is 19.4 Å². The molecule has 2 nitrogen and oxygen atoms in total. The molecule has 0 amide bonds. The maximum Gasteiger partial charge on any atom is 0.0683 e. The Hall–Kier alpha value is -1.02. The maximum atomic E-state index is 3.42. The molecule has 0 saturated heterocycles. The normalized spacial score (nSPS) is 16.8. The fourth-order valence-electron chi connectivity index (χ4n) is 1.66. The summed E-state index contributed by atoms with van der Waals surface area (Å²) in [6.45, 7) is 6.50. The molecule has 0 atom stereocenters. The van der Waals surface area contributed by atoms with Crippen LogP contribution in [0.25, 0.3) is 0 Å². The van der Waals surface area contributed by atoms with E-state index < -0.39 is 0 Å². The number of anilines is 1. The Kier molecular flexibility index (Phi) is 2.23. The number of nitrogens with one attached hydrogen (secondary N) is 1. The van der Waals surface area contributed by atoms with Crippen LogP contribution in [-0.4, -0.2) is 17.6 Å². The highest BCUT2D eigenvalue weighted by atomic mass is 15.3. The summed E-state index contributed by atoms with van der Waals surface area (Å²) >= 11 is 0. The van der Waals surface area contributed by atoms with Gasteiger partial charge in [0.05, 0.1) is 6.67 Å². The van der Waals surface area contributed by atoms with Crippen molar-refractivity contribution in [2.75, 3.05) is 12.0 Å². The van der Waals surface area contributed by atoms with E-state index in [0.29, 0.717) is 6.04 Å². The molecular weight excluding hydrogens is 160 g/mol. The average Bonchev–Trinajstić information content (AvgIpc) is 2.17. The molecule has 1 aromatic rings. The molecule has 0 aliphatic carbocycles. The first-order chi connectivity index (χ1) is 6.27. The third-order valence-electron chi connectivity index (χ3n) is 2.59. The summed E-state index contributed by atoms with van der Waals surface area (Å²) < 4.78 is 0. The van der Waals surface area contributed by atoms with Crippen LogP contribution >= 0.6 is 0 Å². The van der Waals surface area contributed by atoms with Crippen LogP contribution in [0.3, 0.4) is 0 Å². The second kappa shape index (κ2) is 3.38. The highest BCUT2D eigenvalue weighted by Crippen LogP contribution is 2.22. The van der Waals surface area contributed by atoms with Gasteiger partial charge < -0.3 is 5.32 Å². The minimum atomic E-state index is 0.612. The summed E-state index contributed by atoms with van der Waals surface area (Å²) in [7, 11) is 0. The molecule has 0 unspecified atom stereocenters. The largest absolute Gasteiger partial charge is 0.372 e. The van der Waals surface area contributed by atoms with Crippen LogP contribution < -0.4 is 5.32 Å². The minimum Gasteiger partial charge on any atom is -0.372 e. The molecule has 0 aromatic heterocycles. The van der Waals surface area contributed by atoms with Crippen molar-refractivity contribution in [2.24, 2.45) is 0 Å². The number of para-hydroxylation sites is 1. The van der Waals surface area contributed by atoms with Crippen molar-refractivity contribution in [1.82, 2.24) is 4.90 Å². The molecular formula is C11H16N2. The Morgan fingerprint density at radius 3 is 2.85 bits per heavy atom. The minimum absolute atomic E-state index is 0.612. The lowest BCUT2D eigenvalue weighted by Gasteiger charge is -2.32. The molecule has 0 fully saturated rings. The summed E-state index contributed by atoms with van der Waals surface area (Å²) in [6.07, 6.45) is 0. The van der Waals surface area contributed by atoms with Crippen molar-refractivity contribution < 1.29 is 0 Å². The second-order valence-electron chi connectivity index (χ2n) is 3.83.